The van der Waals surface area contributed by atoms with Crippen molar-refractivity contribution >= 4 is 0 Å². The van der Waals surface area contributed by atoms with E-state index in [2.05, 4.69) is 0 Å². The molecule has 0 radical (unpaired) electrons. The molecule has 0 amide bonds. The Hall–Kier alpha value is -1.65. The molecule has 0 aliphatic rings. The number of alkyl halides is 21. The average molecular weight is 599 g/mol. The lowest BCUT2D eigenvalue weighted by atomic mass is 9.86. The summed E-state index contributed by atoms with van der Waals surface area (Å²) in [6, 6.07) is 0. The van der Waals surface area contributed by atoms with E-state index >= 15 is 0 Å². The van der Waals surface area contributed by atoms with Crippen molar-refractivity contribution in [3.05, 3.63) is 0 Å². The van der Waals surface area contributed by atoms with E-state index in [9.17, 15) is 101 Å². The van der Waals surface area contributed by atoms with E-state index < -0.39 is 77.8 Å². The number of hydrogen-bond donors (Lipinski definition) is 0. The highest BCUT2D eigenvalue weighted by Gasteiger charge is 2.97. The van der Waals surface area contributed by atoms with Gasteiger partial charge in [-0.3, -0.25) is 0 Å². The van der Waals surface area contributed by atoms with Crippen LogP contribution in [0.25, 0.3) is 0 Å². The third-order valence-corrected chi connectivity index (χ3v) is 4.17. The third kappa shape index (κ3) is 4.36. The van der Waals surface area contributed by atoms with Crippen molar-refractivity contribution in [2.24, 2.45) is 0 Å². The molecule has 0 atom stereocenters. The molecule has 0 spiro atoms. The Morgan fingerprint density at radius 1 is 0.333 bits per heavy atom. The molecule has 0 aromatic rings. The van der Waals surface area contributed by atoms with Gasteiger partial charge in [0.2, 0.25) is 0 Å². The van der Waals surface area contributed by atoms with Gasteiger partial charge in [-0.1, -0.05) is 0 Å². The maximum atomic E-state index is 13.4. The monoisotopic (exact) mass is 599 g/mol. The fraction of sp³-hybridized carbons (Fsp3) is 1.00. The highest BCUT2D eigenvalue weighted by Crippen LogP contribution is 2.66. The molecule has 0 saturated carbocycles. The first kappa shape index (κ1) is 34.4. The van der Waals surface area contributed by atoms with Gasteiger partial charge >= 0.3 is 59.5 Å². The van der Waals surface area contributed by atoms with Crippen LogP contribution in [0.15, 0.2) is 0 Å². The van der Waals surface area contributed by atoms with E-state index in [-0.39, 0.29) is 0 Å². The number of halogens is 23. The summed E-state index contributed by atoms with van der Waals surface area (Å²) in [4.78, 5) is 0. The largest absolute Gasteiger partial charge is 0.460 e. The Morgan fingerprint density at radius 3 is 0.778 bits per heavy atom. The first-order valence-electron chi connectivity index (χ1n) is 7.73. The zero-order valence-electron chi connectivity index (χ0n) is 15.6. The predicted octanol–water partition coefficient (Wildman–Crippen LogP) is 7.73. The number of hydrogen-bond acceptors (Lipinski definition) is 1. The second kappa shape index (κ2) is 8.70. The molecule has 0 rings (SSSR count). The second-order valence-electron chi connectivity index (χ2n) is 6.57. The minimum atomic E-state index is -9.26. The molecule has 36 heavy (non-hydrogen) atoms. The zero-order chi connectivity index (χ0) is 30.0. The van der Waals surface area contributed by atoms with Crippen molar-refractivity contribution in [2.45, 2.75) is 65.9 Å². The molecule has 0 aromatic carbocycles. The van der Waals surface area contributed by atoms with Gasteiger partial charge in [-0.2, -0.15) is 92.2 Å². The molecule has 0 saturated heterocycles. The highest BCUT2D eigenvalue weighted by molar-refractivity contribution is 5.17. The van der Waals surface area contributed by atoms with E-state index in [4.69, 9.17) is 0 Å². The smallest absolute Gasteiger partial charge is 0.200 e. The van der Waals surface area contributed by atoms with Crippen molar-refractivity contribution < 1.29 is 101 Å². The van der Waals surface area contributed by atoms with Crippen molar-refractivity contribution in [1.29, 1.82) is 0 Å². The molecule has 0 N–H and O–H groups in total. The van der Waals surface area contributed by atoms with Gasteiger partial charge in [0.1, 0.15) is 0 Å². The Bertz CT molecular complexity index is 774. The molecular weight excluding hydrogens is 595 g/mol. The summed E-state index contributed by atoms with van der Waals surface area (Å²) in [5.41, 5.74) is 0. The normalized spacial score (nSPS) is 16.7. The molecule has 0 unspecified atom stereocenters. The third-order valence-electron chi connectivity index (χ3n) is 4.17. The molecule has 1 nitrogen and oxygen atoms in total. The van der Waals surface area contributed by atoms with Gasteiger partial charge in [-0.05, 0) is 0 Å². The molecule has 0 fully saturated rings. The summed E-state index contributed by atoms with van der Waals surface area (Å²) >= 11 is 0. The molecule has 218 valence electrons. The molecule has 0 bridgehead atoms. The van der Waals surface area contributed by atoms with E-state index in [1.54, 1.807) is 0 Å². The van der Waals surface area contributed by atoms with Crippen LogP contribution in [0, 0.1) is 0 Å². The van der Waals surface area contributed by atoms with Crippen molar-refractivity contribution in [3.63, 3.8) is 0 Å². The molecular formula is C12H4F23N. The second-order valence-corrected chi connectivity index (χ2v) is 6.57. The standard InChI is InChI=1S/C12H4F23N/c13-3(14,1-2-36(34)35)4(15,16)5(17,18)6(19,20)7(21,22)8(23,24)9(25,26)10(27,28)11(29,30)12(31,32)33/h1-2H2. The molecule has 0 aliphatic heterocycles. The summed E-state index contributed by atoms with van der Waals surface area (Å²) in [6.07, 6.45) is -11.4. The summed E-state index contributed by atoms with van der Waals surface area (Å²) < 4.78 is 296. The first-order valence-corrected chi connectivity index (χ1v) is 7.73. The molecule has 0 aromatic heterocycles. The van der Waals surface area contributed by atoms with Crippen LogP contribution < -0.4 is 0 Å². The molecule has 0 aliphatic carbocycles. The Morgan fingerprint density at radius 2 is 0.556 bits per heavy atom. The summed E-state index contributed by atoms with van der Waals surface area (Å²) in [7, 11) is 0. The minimum absolute atomic E-state index is 2.52. The predicted molar refractivity (Wildman–Crippen MR) is 64.1 cm³/mol. The van der Waals surface area contributed by atoms with Crippen LogP contribution in [-0.2, 0) is 0 Å². The van der Waals surface area contributed by atoms with Gasteiger partial charge in [0.25, 0.3) is 0 Å². The maximum Gasteiger partial charge on any atom is 0.460 e. The SMILES string of the molecule is FN(F)CCC(F)(F)C(F)(F)C(F)(F)C(F)(F)C(F)(F)C(F)(F)C(F)(F)C(F)(F)C(F)(F)C(F)(F)F. The first-order chi connectivity index (χ1) is 15.2. The van der Waals surface area contributed by atoms with Crippen LogP contribution in [0.3, 0.4) is 0 Å². The lowest BCUT2D eigenvalue weighted by molar-refractivity contribution is -0.474. The molecule has 24 heteroatoms. The number of nitrogens with zero attached hydrogens (tertiary/aromatic N) is 1. The Kier molecular flexibility index (Phi) is 8.30. The quantitative estimate of drug-likeness (QED) is 0.174. The zero-order valence-corrected chi connectivity index (χ0v) is 15.6. The van der Waals surface area contributed by atoms with Crippen molar-refractivity contribution in [3.8, 4) is 0 Å². The van der Waals surface area contributed by atoms with Crippen LogP contribution in [-0.4, -0.2) is 71.4 Å². The van der Waals surface area contributed by atoms with Gasteiger partial charge in [-0.25, -0.2) is 0 Å². The van der Waals surface area contributed by atoms with Gasteiger partial charge in [-0.15, -0.1) is 8.96 Å². The lowest BCUT2D eigenvalue weighted by Gasteiger charge is -2.44. The average Bonchev–Trinajstić information content (AvgIpc) is 2.64. The fourth-order valence-electron chi connectivity index (χ4n) is 1.97. The van der Waals surface area contributed by atoms with Gasteiger partial charge in [0.15, 0.2) is 0 Å². The van der Waals surface area contributed by atoms with Crippen LogP contribution in [0.4, 0.5) is 101 Å². The van der Waals surface area contributed by atoms with Crippen LogP contribution in [0.5, 0.6) is 0 Å². The van der Waals surface area contributed by atoms with Crippen molar-refractivity contribution in [1.82, 2.24) is 5.34 Å². The number of rotatable bonds is 11. The summed E-state index contributed by atoms with van der Waals surface area (Å²) in [5.74, 6) is -78.2. The van der Waals surface area contributed by atoms with Crippen LogP contribution in [0.1, 0.15) is 6.42 Å². The highest BCUT2D eigenvalue weighted by atomic mass is 19.4. The summed E-state index contributed by atoms with van der Waals surface area (Å²) in [6.45, 7) is -2.76. The fourth-order valence-corrected chi connectivity index (χ4v) is 1.97. The van der Waals surface area contributed by atoms with E-state index in [0.29, 0.717) is 0 Å². The van der Waals surface area contributed by atoms with E-state index in [1.807, 2.05) is 0 Å². The Labute approximate surface area is 180 Å². The van der Waals surface area contributed by atoms with Gasteiger partial charge < -0.3 is 0 Å². The van der Waals surface area contributed by atoms with E-state index in [0.717, 1.165) is 0 Å². The van der Waals surface area contributed by atoms with Gasteiger partial charge in [0.05, 0.1) is 6.54 Å². The molecule has 0 heterocycles. The van der Waals surface area contributed by atoms with Crippen LogP contribution in [0.2, 0.25) is 0 Å². The minimum Gasteiger partial charge on any atom is -0.200 e. The topological polar surface area (TPSA) is 3.24 Å². The maximum absolute atomic E-state index is 13.4. The van der Waals surface area contributed by atoms with Crippen LogP contribution >= 0.6 is 0 Å². The van der Waals surface area contributed by atoms with Gasteiger partial charge in [0, 0.05) is 11.8 Å². The summed E-state index contributed by atoms with van der Waals surface area (Å²) in [5, 5.41) is -2.52. The Balaban J connectivity index is 6.95. The van der Waals surface area contributed by atoms with Crippen molar-refractivity contribution in [2.75, 3.05) is 6.54 Å². The van der Waals surface area contributed by atoms with E-state index in [1.165, 1.54) is 0 Å². The lowest BCUT2D eigenvalue weighted by Crippen LogP contribution is -2.76.